The van der Waals surface area contributed by atoms with E-state index in [-0.39, 0.29) is 0 Å². The summed E-state index contributed by atoms with van der Waals surface area (Å²) in [5.41, 5.74) is 2.04. The van der Waals surface area contributed by atoms with Crippen LogP contribution in [-0.2, 0) is 11.3 Å². The maximum Gasteiger partial charge on any atom is 0.336 e. The summed E-state index contributed by atoms with van der Waals surface area (Å²) in [5, 5.41) is 14.0. The third-order valence-electron chi connectivity index (χ3n) is 2.64. The Morgan fingerprint density at radius 2 is 2.29 bits per heavy atom. The second-order valence-corrected chi connectivity index (χ2v) is 3.91. The van der Waals surface area contributed by atoms with Crippen LogP contribution in [0, 0.1) is 6.92 Å². The van der Waals surface area contributed by atoms with E-state index in [9.17, 15) is 4.79 Å². The summed E-state index contributed by atoms with van der Waals surface area (Å²) in [6, 6.07) is 3.59. The summed E-state index contributed by atoms with van der Waals surface area (Å²) in [4.78, 5) is 11.1. The van der Waals surface area contributed by atoms with E-state index in [4.69, 9.17) is 9.84 Å². The molecule has 1 N–H and O–H groups in total. The molecule has 0 aliphatic rings. The van der Waals surface area contributed by atoms with Gasteiger partial charge in [-0.1, -0.05) is 0 Å². The van der Waals surface area contributed by atoms with Gasteiger partial charge in [-0.3, -0.25) is 4.68 Å². The minimum atomic E-state index is -0.926. The van der Waals surface area contributed by atoms with E-state index in [1.807, 2.05) is 13.0 Å². The van der Waals surface area contributed by atoms with E-state index in [0.29, 0.717) is 24.1 Å². The number of rotatable bonds is 4. The Labute approximate surface area is 98.6 Å². The fourth-order valence-electron chi connectivity index (χ4n) is 1.85. The number of hydrogen-bond acceptors (Lipinski definition) is 3. The predicted molar refractivity (Wildman–Crippen MR) is 63.3 cm³/mol. The monoisotopic (exact) mass is 234 g/mol. The predicted octanol–water partition coefficient (Wildman–Crippen LogP) is 1.69. The normalized spacial score (nSPS) is 10.9. The van der Waals surface area contributed by atoms with Crippen molar-refractivity contribution in [2.24, 2.45) is 0 Å². The fraction of sp³-hybridized carbons (Fsp3) is 0.333. The molecule has 1 aromatic carbocycles. The van der Waals surface area contributed by atoms with Crippen LogP contribution in [0.2, 0.25) is 0 Å². The summed E-state index contributed by atoms with van der Waals surface area (Å²) in [6.07, 6.45) is 1.59. The molecule has 2 rings (SSSR count). The van der Waals surface area contributed by atoms with Crippen molar-refractivity contribution in [3.63, 3.8) is 0 Å². The quantitative estimate of drug-likeness (QED) is 0.874. The zero-order valence-electron chi connectivity index (χ0n) is 9.80. The molecule has 2 aromatic rings. The Kier molecular flexibility index (Phi) is 3.10. The number of carbonyl (C=O) groups is 1. The highest BCUT2D eigenvalue weighted by atomic mass is 16.5. The highest BCUT2D eigenvalue weighted by Crippen LogP contribution is 2.21. The van der Waals surface area contributed by atoms with Crippen LogP contribution >= 0.6 is 0 Å². The molecular weight excluding hydrogens is 220 g/mol. The van der Waals surface area contributed by atoms with Crippen LogP contribution in [0.25, 0.3) is 10.9 Å². The first-order chi connectivity index (χ1) is 8.13. The van der Waals surface area contributed by atoms with Crippen LogP contribution in [0.5, 0.6) is 0 Å². The average molecular weight is 234 g/mol. The molecule has 0 atom stereocenters. The van der Waals surface area contributed by atoms with Crippen molar-refractivity contribution in [2.75, 3.05) is 13.7 Å². The van der Waals surface area contributed by atoms with E-state index in [2.05, 4.69) is 5.10 Å². The first-order valence-corrected chi connectivity index (χ1v) is 5.32. The molecule has 1 aromatic heterocycles. The van der Waals surface area contributed by atoms with Crippen LogP contribution in [-0.4, -0.2) is 34.6 Å². The lowest BCUT2D eigenvalue weighted by molar-refractivity contribution is 0.0699. The third kappa shape index (κ3) is 2.14. The zero-order valence-corrected chi connectivity index (χ0v) is 9.80. The number of methoxy groups -OCH3 is 1. The van der Waals surface area contributed by atoms with Gasteiger partial charge in [-0.15, -0.1) is 0 Å². The number of nitrogens with zero attached hydrogens (tertiary/aromatic N) is 2. The van der Waals surface area contributed by atoms with E-state index >= 15 is 0 Å². The van der Waals surface area contributed by atoms with E-state index in [0.717, 1.165) is 11.1 Å². The molecule has 0 saturated heterocycles. The van der Waals surface area contributed by atoms with Gasteiger partial charge < -0.3 is 9.84 Å². The largest absolute Gasteiger partial charge is 0.478 e. The number of aryl methyl sites for hydroxylation is 1. The topological polar surface area (TPSA) is 64.4 Å². The first-order valence-electron chi connectivity index (χ1n) is 5.32. The number of carboxylic acids is 1. The number of aromatic nitrogens is 2. The van der Waals surface area contributed by atoms with Gasteiger partial charge in [0.2, 0.25) is 0 Å². The van der Waals surface area contributed by atoms with Crippen molar-refractivity contribution in [3.8, 4) is 0 Å². The molecule has 5 nitrogen and oxygen atoms in total. The van der Waals surface area contributed by atoms with Gasteiger partial charge in [-0.25, -0.2) is 4.79 Å². The molecule has 90 valence electrons. The van der Waals surface area contributed by atoms with Gasteiger partial charge in [0.25, 0.3) is 0 Å². The standard InChI is InChI=1S/C12H14N2O3/c1-8-5-9(12(15)16)10-7-13-14(3-4-17-2)11(10)6-8/h5-7H,3-4H2,1-2H3,(H,15,16). The summed E-state index contributed by atoms with van der Waals surface area (Å²) >= 11 is 0. The van der Waals surface area contributed by atoms with Gasteiger partial charge in [-0.05, 0) is 24.6 Å². The van der Waals surface area contributed by atoms with Gasteiger partial charge in [0.15, 0.2) is 0 Å². The lowest BCUT2D eigenvalue weighted by atomic mass is 10.1. The molecule has 0 aliphatic carbocycles. The average Bonchev–Trinajstić information content (AvgIpc) is 2.68. The summed E-state index contributed by atoms with van der Waals surface area (Å²) < 4.78 is 6.76. The maximum atomic E-state index is 11.1. The number of ether oxygens (including phenoxy) is 1. The van der Waals surface area contributed by atoms with Crippen molar-refractivity contribution in [1.29, 1.82) is 0 Å². The highest BCUT2D eigenvalue weighted by molar-refractivity contribution is 6.02. The van der Waals surface area contributed by atoms with Gasteiger partial charge >= 0.3 is 5.97 Å². The molecule has 0 fully saturated rings. The second kappa shape index (κ2) is 4.55. The van der Waals surface area contributed by atoms with Crippen molar-refractivity contribution in [2.45, 2.75) is 13.5 Å². The molecule has 0 bridgehead atoms. The van der Waals surface area contributed by atoms with Gasteiger partial charge in [0.05, 0.1) is 30.4 Å². The molecule has 5 heteroatoms. The van der Waals surface area contributed by atoms with Crippen LogP contribution < -0.4 is 0 Å². The van der Waals surface area contributed by atoms with E-state index in [1.165, 1.54) is 0 Å². The van der Waals surface area contributed by atoms with Crippen LogP contribution in [0.1, 0.15) is 15.9 Å². The fourth-order valence-corrected chi connectivity index (χ4v) is 1.85. The molecule has 0 aliphatic heterocycles. The van der Waals surface area contributed by atoms with Gasteiger partial charge in [-0.2, -0.15) is 5.10 Å². The number of fused-ring (bicyclic) bond motifs is 1. The Hall–Kier alpha value is -1.88. The minimum Gasteiger partial charge on any atom is -0.478 e. The lowest BCUT2D eigenvalue weighted by Crippen LogP contribution is -2.06. The first kappa shape index (κ1) is 11.6. The molecule has 0 unspecified atom stereocenters. The molecule has 0 radical (unpaired) electrons. The molecule has 0 spiro atoms. The minimum absolute atomic E-state index is 0.295. The number of benzene rings is 1. The molecule has 17 heavy (non-hydrogen) atoms. The van der Waals surface area contributed by atoms with Crippen molar-refractivity contribution >= 4 is 16.9 Å². The SMILES string of the molecule is COCCn1ncc2c(C(=O)O)cc(C)cc21. The van der Waals surface area contributed by atoms with Crippen LogP contribution in [0.3, 0.4) is 0 Å². The highest BCUT2D eigenvalue weighted by Gasteiger charge is 2.13. The summed E-state index contributed by atoms with van der Waals surface area (Å²) in [6.45, 7) is 3.04. The van der Waals surface area contributed by atoms with E-state index < -0.39 is 5.97 Å². The molecular formula is C12H14N2O3. The lowest BCUT2D eigenvalue weighted by Gasteiger charge is -2.04. The Morgan fingerprint density at radius 1 is 1.53 bits per heavy atom. The number of aromatic carboxylic acids is 1. The summed E-state index contributed by atoms with van der Waals surface area (Å²) in [5.74, 6) is -0.926. The third-order valence-corrected chi connectivity index (χ3v) is 2.64. The van der Waals surface area contributed by atoms with Gasteiger partial charge in [0, 0.05) is 12.5 Å². The van der Waals surface area contributed by atoms with Crippen molar-refractivity contribution in [3.05, 3.63) is 29.5 Å². The van der Waals surface area contributed by atoms with Crippen LogP contribution in [0.4, 0.5) is 0 Å². The Balaban J connectivity index is 2.56. The molecule has 1 heterocycles. The van der Waals surface area contributed by atoms with E-state index in [1.54, 1.807) is 24.1 Å². The summed E-state index contributed by atoms with van der Waals surface area (Å²) in [7, 11) is 1.62. The zero-order chi connectivity index (χ0) is 12.4. The smallest absolute Gasteiger partial charge is 0.336 e. The number of hydrogen-bond donors (Lipinski definition) is 1. The number of carboxylic acid groups (broad SMARTS) is 1. The van der Waals surface area contributed by atoms with Crippen molar-refractivity contribution < 1.29 is 14.6 Å². The maximum absolute atomic E-state index is 11.1. The van der Waals surface area contributed by atoms with Crippen LogP contribution in [0.15, 0.2) is 18.3 Å². The molecule has 0 amide bonds. The second-order valence-electron chi connectivity index (χ2n) is 3.91. The molecule has 0 saturated carbocycles. The Morgan fingerprint density at radius 3 is 2.94 bits per heavy atom. The van der Waals surface area contributed by atoms with Gasteiger partial charge in [0.1, 0.15) is 0 Å². The Bertz CT molecular complexity index is 560. The van der Waals surface area contributed by atoms with Crippen molar-refractivity contribution in [1.82, 2.24) is 9.78 Å².